The molecule has 1 heterocycles. The largest absolute Gasteiger partial charge is 0.477 e. The number of rotatable bonds is 9. The Hall–Kier alpha value is -1.40. The number of benzene rings is 1. The lowest BCUT2D eigenvalue weighted by Crippen LogP contribution is -2.32. The van der Waals surface area contributed by atoms with Gasteiger partial charge in [0, 0.05) is 29.3 Å². The Morgan fingerprint density at radius 1 is 1.19 bits per heavy atom. The van der Waals surface area contributed by atoms with Crippen molar-refractivity contribution in [2.24, 2.45) is 11.8 Å². The minimum atomic E-state index is -0.865. The number of aliphatic hydroxyl groups is 1. The summed E-state index contributed by atoms with van der Waals surface area (Å²) in [5.74, 6) is -0.423. The molecule has 3 N–H and O–H groups in total. The first-order valence-electron chi connectivity index (χ1n) is 9.43. The lowest BCUT2D eigenvalue weighted by atomic mass is 9.89. The number of hydrogen-bond acceptors (Lipinski definition) is 4. The van der Waals surface area contributed by atoms with E-state index in [1.54, 1.807) is 6.07 Å². The smallest absolute Gasteiger partial charge is 0.345 e. The molecule has 6 heteroatoms. The third-order valence-electron chi connectivity index (χ3n) is 5.36. The van der Waals surface area contributed by atoms with Gasteiger partial charge in [-0.3, -0.25) is 0 Å². The molecule has 0 amide bonds. The van der Waals surface area contributed by atoms with Crippen LogP contribution in [0.1, 0.15) is 39.4 Å². The molecule has 3 rings (SSSR count). The van der Waals surface area contributed by atoms with Crippen LogP contribution in [0.15, 0.2) is 42.5 Å². The summed E-state index contributed by atoms with van der Waals surface area (Å²) in [7, 11) is 0. The van der Waals surface area contributed by atoms with Gasteiger partial charge in [0.25, 0.3) is 0 Å². The molecule has 0 radical (unpaired) electrons. The van der Waals surface area contributed by atoms with Gasteiger partial charge in [-0.1, -0.05) is 30.3 Å². The average Bonchev–Trinajstić information content (AvgIpc) is 3.22. The van der Waals surface area contributed by atoms with E-state index in [1.165, 1.54) is 16.9 Å². The number of halogens is 1. The van der Waals surface area contributed by atoms with Crippen molar-refractivity contribution in [2.75, 3.05) is 6.54 Å². The highest BCUT2D eigenvalue weighted by molar-refractivity contribution is 7.13. The predicted molar refractivity (Wildman–Crippen MR) is 110 cm³/mol. The number of hydrogen-bond donors (Lipinski definition) is 3. The van der Waals surface area contributed by atoms with E-state index in [1.807, 2.05) is 24.3 Å². The maximum absolute atomic E-state index is 11.0. The van der Waals surface area contributed by atoms with Crippen LogP contribution in [0.4, 0.5) is 0 Å². The molecule has 1 fully saturated rings. The molecule has 1 aromatic carbocycles. The second kappa shape index (κ2) is 9.69. The number of aliphatic hydroxyl groups excluding tert-OH is 1. The Bertz CT molecular complexity index is 736. The minimum Gasteiger partial charge on any atom is -0.477 e. The molecule has 2 aromatic rings. The van der Waals surface area contributed by atoms with Crippen molar-refractivity contribution in [3.05, 3.63) is 57.8 Å². The summed E-state index contributed by atoms with van der Waals surface area (Å²) in [4.78, 5) is 12.5. The molecule has 0 saturated heterocycles. The van der Waals surface area contributed by atoms with E-state index < -0.39 is 5.97 Å². The lowest BCUT2D eigenvalue weighted by Gasteiger charge is -2.24. The predicted octanol–water partition coefficient (Wildman–Crippen LogP) is 4.16. The fraction of sp³-hybridized carbons (Fsp3) is 0.476. The fourth-order valence-corrected chi connectivity index (χ4v) is 5.32. The van der Waals surface area contributed by atoms with Crippen LogP contribution in [-0.2, 0) is 13.0 Å². The molecule has 1 saturated carbocycles. The maximum Gasteiger partial charge on any atom is 0.345 e. The van der Waals surface area contributed by atoms with Crippen LogP contribution >= 0.6 is 22.9 Å². The van der Waals surface area contributed by atoms with E-state index in [0.29, 0.717) is 11.3 Å². The van der Waals surface area contributed by atoms with Gasteiger partial charge in [0.1, 0.15) is 4.88 Å². The van der Waals surface area contributed by atoms with Crippen molar-refractivity contribution >= 4 is 28.9 Å². The first-order valence-corrected chi connectivity index (χ1v) is 10.7. The zero-order valence-corrected chi connectivity index (χ0v) is 16.8. The van der Waals surface area contributed by atoms with Crippen molar-refractivity contribution in [2.45, 2.75) is 43.7 Å². The van der Waals surface area contributed by atoms with Crippen LogP contribution in [0.5, 0.6) is 0 Å². The number of carboxylic acids is 1. The Morgan fingerprint density at radius 2 is 1.96 bits per heavy atom. The minimum absolute atomic E-state index is 0.00133. The number of aryl methyl sites for hydroxylation is 1. The number of thiophene rings is 1. The summed E-state index contributed by atoms with van der Waals surface area (Å²) < 4.78 is 0. The third-order valence-corrected chi connectivity index (χ3v) is 7.00. The van der Waals surface area contributed by atoms with Gasteiger partial charge in [-0.25, -0.2) is 4.79 Å². The molecule has 146 valence electrons. The van der Waals surface area contributed by atoms with Crippen LogP contribution in [0.25, 0.3) is 0 Å². The van der Waals surface area contributed by atoms with Crippen molar-refractivity contribution in [1.29, 1.82) is 0 Å². The van der Waals surface area contributed by atoms with Crippen LogP contribution in [-0.4, -0.2) is 34.2 Å². The zero-order chi connectivity index (χ0) is 19.2. The molecular weight excluding hydrogens is 382 g/mol. The van der Waals surface area contributed by atoms with E-state index in [4.69, 9.17) is 16.7 Å². The van der Waals surface area contributed by atoms with E-state index in [9.17, 15) is 9.90 Å². The maximum atomic E-state index is 11.0. The number of carboxylic acid groups (broad SMARTS) is 1. The molecule has 4 atom stereocenters. The van der Waals surface area contributed by atoms with Crippen molar-refractivity contribution < 1.29 is 15.0 Å². The van der Waals surface area contributed by atoms with Gasteiger partial charge in [-0.15, -0.1) is 22.9 Å². The number of alkyl halides is 1. The van der Waals surface area contributed by atoms with E-state index >= 15 is 0 Å². The molecule has 27 heavy (non-hydrogen) atoms. The molecule has 1 aromatic heterocycles. The fourth-order valence-electron chi connectivity index (χ4n) is 3.93. The molecule has 0 bridgehead atoms. The molecular formula is C21H26ClNO3S. The van der Waals surface area contributed by atoms with Crippen LogP contribution in [0.2, 0.25) is 0 Å². The molecule has 4 nitrogen and oxygen atoms in total. The molecule has 1 aliphatic carbocycles. The highest BCUT2D eigenvalue weighted by Gasteiger charge is 2.40. The summed E-state index contributed by atoms with van der Waals surface area (Å²) in [5.41, 5.74) is 1.23. The van der Waals surface area contributed by atoms with Crippen molar-refractivity contribution in [3.8, 4) is 0 Å². The van der Waals surface area contributed by atoms with Gasteiger partial charge < -0.3 is 15.5 Å². The first-order chi connectivity index (χ1) is 13.0. The second-order valence-corrected chi connectivity index (χ2v) is 8.96. The second-order valence-electron chi connectivity index (χ2n) is 7.23. The number of aromatic carboxylic acids is 1. The average molecular weight is 408 g/mol. The topological polar surface area (TPSA) is 69.6 Å². The van der Waals surface area contributed by atoms with E-state index in [-0.39, 0.29) is 23.3 Å². The number of carbonyl (C=O) groups is 1. The highest BCUT2D eigenvalue weighted by atomic mass is 35.5. The Labute approximate surface area is 169 Å². The molecule has 1 aliphatic rings. The van der Waals surface area contributed by atoms with E-state index in [2.05, 4.69) is 17.4 Å². The van der Waals surface area contributed by atoms with Crippen molar-refractivity contribution in [1.82, 2.24) is 5.32 Å². The Balaban J connectivity index is 1.48. The van der Waals surface area contributed by atoms with Crippen molar-refractivity contribution in [3.63, 3.8) is 0 Å². The summed E-state index contributed by atoms with van der Waals surface area (Å²) in [6.45, 7) is 1.54. The van der Waals surface area contributed by atoms with Gasteiger partial charge in [0.15, 0.2) is 0 Å². The molecule has 1 unspecified atom stereocenters. The SMILES string of the molecule is O=C(O)c1ccc(CCC[C@H]2C(Cl)C[C@@H](O)[C@@H]2CNCc2ccccc2)s1. The number of nitrogens with one attached hydrogen (secondary N) is 1. The monoisotopic (exact) mass is 407 g/mol. The quantitative estimate of drug-likeness (QED) is 0.546. The van der Waals surface area contributed by atoms with Gasteiger partial charge >= 0.3 is 5.97 Å². The summed E-state index contributed by atoms with van der Waals surface area (Å²) in [6.07, 6.45) is 3.05. The lowest BCUT2D eigenvalue weighted by molar-refractivity contribution is 0.0702. The summed E-state index contributed by atoms with van der Waals surface area (Å²) in [5, 5.41) is 22.9. The van der Waals surface area contributed by atoms with Crippen LogP contribution in [0, 0.1) is 11.8 Å². The summed E-state index contributed by atoms with van der Waals surface area (Å²) >= 11 is 7.87. The Kier molecular flexibility index (Phi) is 7.30. The van der Waals surface area contributed by atoms with Crippen LogP contribution in [0.3, 0.4) is 0 Å². The molecule has 0 aliphatic heterocycles. The van der Waals surface area contributed by atoms with Gasteiger partial charge in [0.2, 0.25) is 0 Å². The highest BCUT2D eigenvalue weighted by Crippen LogP contribution is 2.39. The zero-order valence-electron chi connectivity index (χ0n) is 15.2. The summed E-state index contributed by atoms with van der Waals surface area (Å²) in [6, 6.07) is 13.8. The van der Waals surface area contributed by atoms with E-state index in [0.717, 1.165) is 37.2 Å². The third kappa shape index (κ3) is 5.55. The first kappa shape index (κ1) is 20.3. The Morgan fingerprint density at radius 3 is 2.67 bits per heavy atom. The van der Waals surface area contributed by atoms with Crippen LogP contribution < -0.4 is 5.32 Å². The normalized spacial score (nSPS) is 25.0. The standard InChI is InChI=1S/C21H26ClNO3S/c22-18-11-19(24)17(13-23-12-14-5-2-1-3-6-14)16(18)8-4-7-15-9-10-20(27-15)21(25)26/h1-3,5-6,9-10,16-19,23-24H,4,7-8,11-13H2,(H,25,26)/t16-,17-,18?,19-/m1/s1. The molecule has 0 spiro atoms. The van der Waals surface area contributed by atoms with Gasteiger partial charge in [-0.2, -0.15) is 0 Å². The van der Waals surface area contributed by atoms with Gasteiger partial charge in [-0.05, 0) is 49.3 Å². The van der Waals surface area contributed by atoms with Gasteiger partial charge in [0.05, 0.1) is 6.10 Å².